The van der Waals surface area contributed by atoms with Crippen LogP contribution < -0.4 is 5.73 Å². The van der Waals surface area contributed by atoms with Gasteiger partial charge in [0.1, 0.15) is 11.6 Å². The van der Waals surface area contributed by atoms with Gasteiger partial charge in [0.25, 0.3) is 0 Å². The maximum Gasteiger partial charge on any atom is 0.338 e. The third kappa shape index (κ3) is 3.52. The number of aromatic nitrogens is 2. The van der Waals surface area contributed by atoms with Crippen LogP contribution in [0.5, 0.6) is 0 Å². The second-order valence-electron chi connectivity index (χ2n) is 5.57. The summed E-state index contributed by atoms with van der Waals surface area (Å²) in [6.45, 7) is 1.87. The summed E-state index contributed by atoms with van der Waals surface area (Å²) in [5.74, 6) is 4.30. The van der Waals surface area contributed by atoms with Gasteiger partial charge in [-0.3, -0.25) is 4.98 Å². The Kier molecular flexibility index (Phi) is 4.63. The van der Waals surface area contributed by atoms with Gasteiger partial charge in [-0.05, 0) is 42.8 Å². The minimum Gasteiger partial charge on any atom is -0.478 e. The van der Waals surface area contributed by atoms with E-state index in [-0.39, 0.29) is 5.56 Å². The van der Waals surface area contributed by atoms with Crippen LogP contribution in [0.2, 0.25) is 0 Å². The molecule has 0 radical (unpaired) electrons. The van der Waals surface area contributed by atoms with Crippen LogP contribution in [0.4, 0.5) is 10.2 Å². The molecule has 0 aliphatic carbocycles. The van der Waals surface area contributed by atoms with E-state index in [0.29, 0.717) is 28.2 Å². The van der Waals surface area contributed by atoms with Crippen LogP contribution >= 0.6 is 0 Å². The molecule has 3 N–H and O–H groups in total. The highest BCUT2D eigenvalue weighted by Gasteiger charge is 2.14. The molecule has 2 aromatic heterocycles. The summed E-state index contributed by atoms with van der Waals surface area (Å²) in [7, 11) is 0. The molecule has 0 unspecified atom stereocenters. The summed E-state index contributed by atoms with van der Waals surface area (Å²) < 4.78 is 14.0. The minimum atomic E-state index is -1.32. The minimum absolute atomic E-state index is 0.387. The first-order chi connectivity index (χ1) is 12.5. The number of rotatable bonds is 2. The van der Waals surface area contributed by atoms with Gasteiger partial charge in [0.2, 0.25) is 0 Å². The highest BCUT2D eigenvalue weighted by Crippen LogP contribution is 2.25. The Morgan fingerprint density at radius 3 is 2.62 bits per heavy atom. The van der Waals surface area contributed by atoms with Crippen LogP contribution in [0.3, 0.4) is 0 Å². The van der Waals surface area contributed by atoms with E-state index in [1.54, 1.807) is 30.6 Å². The van der Waals surface area contributed by atoms with Crippen LogP contribution in [0.15, 0.2) is 48.8 Å². The standard InChI is InChI=1S/C20H14FN3O2/c1-12-8-9-23-19(14-4-6-16(20(25)26)17(21)10-14)15(12)5-2-13-3-7-18(22)24-11-13/h3-4,6-11H,1H3,(H2,22,24)(H,25,26). The van der Waals surface area contributed by atoms with E-state index in [1.807, 2.05) is 6.92 Å². The van der Waals surface area contributed by atoms with Crippen LogP contribution in [0.1, 0.15) is 27.0 Å². The SMILES string of the molecule is Cc1ccnc(-c2ccc(C(=O)O)c(F)c2)c1C#Cc1ccc(N)nc1. The smallest absolute Gasteiger partial charge is 0.338 e. The fourth-order valence-corrected chi connectivity index (χ4v) is 2.38. The average Bonchev–Trinajstić information content (AvgIpc) is 2.61. The number of hydrogen-bond donors (Lipinski definition) is 2. The van der Waals surface area contributed by atoms with Gasteiger partial charge < -0.3 is 10.8 Å². The fourth-order valence-electron chi connectivity index (χ4n) is 2.38. The molecule has 0 saturated carbocycles. The number of nitrogens with zero attached hydrogens (tertiary/aromatic N) is 2. The molecular formula is C20H14FN3O2. The molecule has 0 amide bonds. The molecule has 5 nitrogen and oxygen atoms in total. The highest BCUT2D eigenvalue weighted by atomic mass is 19.1. The lowest BCUT2D eigenvalue weighted by molar-refractivity contribution is 0.0692. The molecule has 0 saturated heterocycles. The summed E-state index contributed by atoms with van der Waals surface area (Å²) in [5, 5.41) is 8.96. The number of aryl methyl sites for hydroxylation is 1. The third-order valence-electron chi connectivity index (χ3n) is 3.75. The maximum absolute atomic E-state index is 14.0. The molecule has 0 bridgehead atoms. The summed E-state index contributed by atoms with van der Waals surface area (Å²) in [4.78, 5) is 19.3. The summed E-state index contributed by atoms with van der Waals surface area (Å²) in [6.07, 6.45) is 3.17. The molecule has 0 aliphatic rings. The number of aromatic carboxylic acids is 1. The van der Waals surface area contributed by atoms with Crippen molar-refractivity contribution in [3.05, 3.63) is 76.9 Å². The van der Waals surface area contributed by atoms with Crippen LogP contribution in [-0.2, 0) is 0 Å². The Hall–Kier alpha value is -3.72. The number of hydrogen-bond acceptors (Lipinski definition) is 4. The van der Waals surface area contributed by atoms with Crippen molar-refractivity contribution in [1.82, 2.24) is 9.97 Å². The molecule has 2 heterocycles. The topological polar surface area (TPSA) is 89.1 Å². The lowest BCUT2D eigenvalue weighted by atomic mass is 10.0. The lowest BCUT2D eigenvalue weighted by Gasteiger charge is -2.08. The summed E-state index contributed by atoms with van der Waals surface area (Å²) in [6, 6.07) is 9.10. The molecule has 0 fully saturated rings. The number of carbonyl (C=O) groups is 1. The molecule has 6 heteroatoms. The molecule has 0 aliphatic heterocycles. The van der Waals surface area contributed by atoms with Gasteiger partial charge in [0.15, 0.2) is 0 Å². The first-order valence-electron chi connectivity index (χ1n) is 7.68. The molecule has 128 valence electrons. The van der Waals surface area contributed by atoms with Crippen molar-refractivity contribution in [2.75, 3.05) is 5.73 Å². The number of halogens is 1. The van der Waals surface area contributed by atoms with Crippen molar-refractivity contribution in [3.63, 3.8) is 0 Å². The van der Waals surface area contributed by atoms with E-state index < -0.39 is 11.8 Å². The number of anilines is 1. The van der Waals surface area contributed by atoms with Crippen LogP contribution in [-0.4, -0.2) is 21.0 Å². The molecule has 3 rings (SSSR count). The second kappa shape index (κ2) is 7.03. The van der Waals surface area contributed by atoms with Gasteiger partial charge >= 0.3 is 5.97 Å². The largest absolute Gasteiger partial charge is 0.478 e. The van der Waals surface area contributed by atoms with E-state index in [0.717, 1.165) is 11.6 Å². The van der Waals surface area contributed by atoms with E-state index in [2.05, 4.69) is 21.8 Å². The Bertz CT molecular complexity index is 1050. The van der Waals surface area contributed by atoms with Crippen LogP contribution in [0, 0.1) is 24.6 Å². The molecule has 26 heavy (non-hydrogen) atoms. The monoisotopic (exact) mass is 347 g/mol. The van der Waals surface area contributed by atoms with Crippen molar-refractivity contribution in [1.29, 1.82) is 0 Å². The Morgan fingerprint density at radius 2 is 1.96 bits per heavy atom. The molecule has 0 spiro atoms. The fraction of sp³-hybridized carbons (Fsp3) is 0.0500. The zero-order chi connectivity index (χ0) is 18.7. The van der Waals surface area contributed by atoms with Crippen molar-refractivity contribution >= 4 is 11.8 Å². The number of nitrogens with two attached hydrogens (primary N) is 1. The number of benzene rings is 1. The first-order valence-corrected chi connectivity index (χ1v) is 7.68. The number of nitrogen functional groups attached to an aromatic ring is 1. The Balaban J connectivity index is 2.08. The van der Waals surface area contributed by atoms with Crippen molar-refractivity contribution in [2.24, 2.45) is 0 Å². The van der Waals surface area contributed by atoms with E-state index >= 15 is 0 Å². The van der Waals surface area contributed by atoms with Crippen molar-refractivity contribution in [2.45, 2.75) is 6.92 Å². The van der Waals surface area contributed by atoms with Gasteiger partial charge in [-0.1, -0.05) is 17.9 Å². The normalized spacial score (nSPS) is 10.1. The molecule has 0 atom stereocenters. The number of pyridine rings is 2. The summed E-state index contributed by atoms with van der Waals surface area (Å²) in [5.41, 5.74) is 8.29. The van der Waals surface area contributed by atoms with Gasteiger partial charge in [0.05, 0.1) is 16.8 Å². The van der Waals surface area contributed by atoms with Gasteiger partial charge in [-0.2, -0.15) is 0 Å². The predicted molar refractivity (Wildman–Crippen MR) is 96.0 cm³/mol. The second-order valence-corrected chi connectivity index (χ2v) is 5.57. The Labute approximate surface area is 149 Å². The van der Waals surface area contributed by atoms with E-state index in [1.165, 1.54) is 12.1 Å². The number of carboxylic acids is 1. The van der Waals surface area contributed by atoms with Gasteiger partial charge in [0, 0.05) is 23.5 Å². The molecule has 3 aromatic rings. The zero-order valence-electron chi connectivity index (χ0n) is 13.8. The lowest BCUT2D eigenvalue weighted by Crippen LogP contribution is -2.01. The third-order valence-corrected chi connectivity index (χ3v) is 3.75. The predicted octanol–water partition coefficient (Wildman–Crippen LogP) is 3.27. The van der Waals surface area contributed by atoms with E-state index in [4.69, 9.17) is 10.8 Å². The van der Waals surface area contributed by atoms with Gasteiger partial charge in [-0.25, -0.2) is 14.2 Å². The highest BCUT2D eigenvalue weighted by molar-refractivity contribution is 5.88. The van der Waals surface area contributed by atoms with Crippen molar-refractivity contribution in [3.8, 4) is 23.1 Å². The van der Waals surface area contributed by atoms with E-state index in [9.17, 15) is 9.18 Å². The number of carboxylic acid groups (broad SMARTS) is 1. The van der Waals surface area contributed by atoms with Crippen LogP contribution in [0.25, 0.3) is 11.3 Å². The summed E-state index contributed by atoms with van der Waals surface area (Å²) >= 11 is 0. The Morgan fingerprint density at radius 1 is 1.15 bits per heavy atom. The van der Waals surface area contributed by atoms with Crippen molar-refractivity contribution < 1.29 is 14.3 Å². The van der Waals surface area contributed by atoms with Gasteiger partial charge in [-0.15, -0.1) is 0 Å². The maximum atomic E-state index is 14.0. The molecule has 1 aromatic carbocycles. The zero-order valence-corrected chi connectivity index (χ0v) is 13.8. The quantitative estimate of drug-likeness (QED) is 0.695. The molecular weight excluding hydrogens is 333 g/mol. The first kappa shape index (κ1) is 17.1. The average molecular weight is 347 g/mol.